The number of hydrogen-bond donors (Lipinski definition) is 1. The van der Waals surface area contributed by atoms with Crippen LogP contribution in [0.15, 0.2) is 36.4 Å². The van der Waals surface area contributed by atoms with Gasteiger partial charge in [0.15, 0.2) is 0 Å². The van der Waals surface area contributed by atoms with Crippen molar-refractivity contribution in [1.82, 2.24) is 5.32 Å². The quantitative estimate of drug-likeness (QED) is 0.924. The van der Waals surface area contributed by atoms with E-state index in [2.05, 4.69) is 5.32 Å². The molecule has 2 aromatic rings. The van der Waals surface area contributed by atoms with Crippen LogP contribution in [0.1, 0.15) is 29.6 Å². The molecule has 2 aliphatic rings. The average Bonchev–Trinajstić information content (AvgIpc) is 2.53. The predicted molar refractivity (Wildman–Crippen MR) is 82.2 cm³/mol. The molecule has 1 aliphatic carbocycles. The Morgan fingerprint density at radius 1 is 1.18 bits per heavy atom. The van der Waals surface area contributed by atoms with E-state index < -0.39 is 0 Å². The first-order valence-electron chi connectivity index (χ1n) is 7.84. The Morgan fingerprint density at radius 2 is 2.00 bits per heavy atom. The maximum Gasteiger partial charge on any atom is 0.252 e. The van der Waals surface area contributed by atoms with E-state index in [0.29, 0.717) is 28.4 Å². The molecule has 22 heavy (non-hydrogen) atoms. The second-order valence-electron chi connectivity index (χ2n) is 6.17. The molecule has 4 rings (SSSR count). The van der Waals surface area contributed by atoms with Gasteiger partial charge >= 0.3 is 0 Å². The SMILES string of the molecule is O=C(N[C@@H]1C[C@H]2OCCC[C@@H]12)c1ccc(F)c2ccccc12. The Hall–Kier alpha value is -1.94. The molecule has 1 saturated carbocycles. The number of fused-ring (bicyclic) bond motifs is 2. The summed E-state index contributed by atoms with van der Waals surface area (Å²) in [5.74, 6) is 0.0196. The monoisotopic (exact) mass is 299 g/mol. The van der Waals surface area contributed by atoms with Crippen LogP contribution >= 0.6 is 0 Å². The molecule has 3 atom stereocenters. The Labute approximate surface area is 128 Å². The van der Waals surface area contributed by atoms with Crippen LogP contribution in [0.25, 0.3) is 10.8 Å². The highest BCUT2D eigenvalue weighted by molar-refractivity contribution is 6.07. The standard InChI is InChI=1S/C18H18FNO2/c19-15-8-7-13(11-4-1-2-5-12(11)15)18(21)20-16-10-17-14(16)6-3-9-22-17/h1-2,4-5,7-8,14,16-17H,3,6,9-10H2,(H,20,21)/t14-,16+,17+/m0/s1. The molecule has 1 aliphatic heterocycles. The van der Waals surface area contributed by atoms with Crippen LogP contribution in [0.5, 0.6) is 0 Å². The highest BCUT2D eigenvalue weighted by atomic mass is 19.1. The Kier molecular flexibility index (Phi) is 3.34. The highest BCUT2D eigenvalue weighted by Crippen LogP contribution is 2.38. The molecule has 114 valence electrons. The van der Waals surface area contributed by atoms with Crippen molar-refractivity contribution in [2.75, 3.05) is 6.61 Å². The van der Waals surface area contributed by atoms with Gasteiger partial charge in [-0.1, -0.05) is 24.3 Å². The second kappa shape index (κ2) is 5.36. The fourth-order valence-corrected chi connectivity index (χ4v) is 3.67. The van der Waals surface area contributed by atoms with Gasteiger partial charge in [0.1, 0.15) is 5.82 Å². The molecule has 0 unspecified atom stereocenters. The Bertz CT molecular complexity index is 730. The molecule has 3 nitrogen and oxygen atoms in total. The van der Waals surface area contributed by atoms with Crippen molar-refractivity contribution < 1.29 is 13.9 Å². The van der Waals surface area contributed by atoms with Gasteiger partial charge in [0.2, 0.25) is 0 Å². The third kappa shape index (κ3) is 2.18. The topological polar surface area (TPSA) is 38.3 Å². The summed E-state index contributed by atoms with van der Waals surface area (Å²) in [6.07, 6.45) is 3.37. The van der Waals surface area contributed by atoms with Gasteiger partial charge in [0, 0.05) is 29.5 Å². The third-order valence-electron chi connectivity index (χ3n) is 4.93. The molecule has 0 spiro atoms. The van der Waals surface area contributed by atoms with Crippen molar-refractivity contribution in [1.29, 1.82) is 0 Å². The van der Waals surface area contributed by atoms with Gasteiger partial charge in [-0.2, -0.15) is 0 Å². The molecule has 1 saturated heterocycles. The molecule has 2 aromatic carbocycles. The lowest BCUT2D eigenvalue weighted by atomic mass is 9.72. The van der Waals surface area contributed by atoms with E-state index in [1.54, 1.807) is 24.3 Å². The molecular formula is C18H18FNO2. The van der Waals surface area contributed by atoms with Gasteiger partial charge < -0.3 is 10.1 Å². The first kappa shape index (κ1) is 13.7. The Morgan fingerprint density at radius 3 is 2.82 bits per heavy atom. The fraction of sp³-hybridized carbons (Fsp3) is 0.389. The van der Waals surface area contributed by atoms with Gasteiger partial charge in [-0.05, 0) is 36.8 Å². The van der Waals surface area contributed by atoms with Crippen molar-refractivity contribution in [3.8, 4) is 0 Å². The summed E-state index contributed by atoms with van der Waals surface area (Å²) < 4.78 is 19.5. The summed E-state index contributed by atoms with van der Waals surface area (Å²) in [6, 6.07) is 10.2. The molecular weight excluding hydrogens is 281 g/mol. The number of ether oxygens (including phenoxy) is 1. The first-order valence-corrected chi connectivity index (χ1v) is 7.84. The van der Waals surface area contributed by atoms with Crippen LogP contribution in [-0.4, -0.2) is 24.7 Å². The largest absolute Gasteiger partial charge is 0.378 e. The van der Waals surface area contributed by atoms with Gasteiger partial charge in [-0.25, -0.2) is 4.39 Å². The summed E-state index contributed by atoms with van der Waals surface area (Å²) in [7, 11) is 0. The summed E-state index contributed by atoms with van der Waals surface area (Å²) in [5.41, 5.74) is 0.539. The van der Waals surface area contributed by atoms with Gasteiger partial charge in [-0.15, -0.1) is 0 Å². The highest BCUT2D eigenvalue weighted by Gasteiger charge is 2.44. The number of amides is 1. The molecule has 0 aromatic heterocycles. The third-order valence-corrected chi connectivity index (χ3v) is 4.93. The van der Waals surface area contributed by atoms with E-state index >= 15 is 0 Å². The van der Waals surface area contributed by atoms with Crippen molar-refractivity contribution >= 4 is 16.7 Å². The van der Waals surface area contributed by atoms with Gasteiger partial charge in [0.25, 0.3) is 5.91 Å². The minimum Gasteiger partial charge on any atom is -0.378 e. The normalized spacial score (nSPS) is 27.0. The zero-order chi connectivity index (χ0) is 15.1. The summed E-state index contributed by atoms with van der Waals surface area (Å²) in [4.78, 5) is 12.6. The zero-order valence-corrected chi connectivity index (χ0v) is 12.2. The number of nitrogens with one attached hydrogen (secondary N) is 1. The fourth-order valence-electron chi connectivity index (χ4n) is 3.67. The average molecular weight is 299 g/mol. The summed E-state index contributed by atoms with van der Waals surface area (Å²) >= 11 is 0. The van der Waals surface area contributed by atoms with Crippen LogP contribution in [-0.2, 0) is 4.74 Å². The predicted octanol–water partition coefficient (Wildman–Crippen LogP) is 3.28. The number of hydrogen-bond acceptors (Lipinski definition) is 2. The Balaban J connectivity index is 1.57. The molecule has 0 radical (unpaired) electrons. The van der Waals surface area contributed by atoms with E-state index in [1.165, 1.54) is 6.07 Å². The van der Waals surface area contributed by atoms with Crippen molar-refractivity contribution in [3.05, 3.63) is 47.8 Å². The smallest absolute Gasteiger partial charge is 0.252 e. The summed E-state index contributed by atoms with van der Waals surface area (Å²) in [5, 5.41) is 4.25. The lowest BCUT2D eigenvalue weighted by Gasteiger charge is -2.47. The summed E-state index contributed by atoms with van der Waals surface area (Å²) in [6.45, 7) is 0.838. The van der Waals surface area contributed by atoms with E-state index in [4.69, 9.17) is 4.74 Å². The van der Waals surface area contributed by atoms with Crippen LogP contribution < -0.4 is 5.32 Å². The second-order valence-corrected chi connectivity index (χ2v) is 6.17. The molecule has 0 bridgehead atoms. The van der Waals surface area contributed by atoms with E-state index in [-0.39, 0.29) is 17.8 Å². The van der Waals surface area contributed by atoms with Crippen LogP contribution in [0.3, 0.4) is 0 Å². The van der Waals surface area contributed by atoms with Crippen LogP contribution in [0.2, 0.25) is 0 Å². The van der Waals surface area contributed by atoms with E-state index in [0.717, 1.165) is 25.9 Å². The van der Waals surface area contributed by atoms with E-state index in [9.17, 15) is 9.18 Å². The minimum absolute atomic E-state index is 0.120. The molecule has 2 fully saturated rings. The van der Waals surface area contributed by atoms with Crippen molar-refractivity contribution in [2.45, 2.75) is 31.4 Å². The van der Waals surface area contributed by atoms with Crippen molar-refractivity contribution in [2.24, 2.45) is 5.92 Å². The number of carbonyl (C=O) groups excluding carboxylic acids is 1. The number of rotatable bonds is 2. The van der Waals surface area contributed by atoms with Crippen molar-refractivity contribution in [3.63, 3.8) is 0 Å². The minimum atomic E-state index is -0.295. The number of halogens is 1. The van der Waals surface area contributed by atoms with Crippen LogP contribution in [0.4, 0.5) is 4.39 Å². The maximum atomic E-state index is 13.8. The first-order chi connectivity index (χ1) is 10.7. The number of benzene rings is 2. The lowest BCUT2D eigenvalue weighted by molar-refractivity contribution is -0.100. The van der Waals surface area contributed by atoms with Gasteiger partial charge in [-0.3, -0.25) is 4.79 Å². The zero-order valence-electron chi connectivity index (χ0n) is 12.2. The van der Waals surface area contributed by atoms with Gasteiger partial charge in [0.05, 0.1) is 6.10 Å². The molecule has 1 heterocycles. The molecule has 1 amide bonds. The number of carbonyl (C=O) groups is 1. The van der Waals surface area contributed by atoms with E-state index in [1.807, 2.05) is 6.07 Å². The maximum absolute atomic E-state index is 13.8. The van der Waals surface area contributed by atoms with Crippen LogP contribution in [0, 0.1) is 11.7 Å². The lowest BCUT2D eigenvalue weighted by Crippen LogP contribution is -2.57. The molecule has 4 heteroatoms. The molecule has 1 N–H and O–H groups in total.